The zero-order chi connectivity index (χ0) is 13.7. The van der Waals surface area contributed by atoms with E-state index in [1.54, 1.807) is 7.11 Å². The fourth-order valence-electron chi connectivity index (χ4n) is 2.80. The van der Waals surface area contributed by atoms with Crippen LogP contribution in [0.3, 0.4) is 0 Å². The third-order valence-electron chi connectivity index (χ3n) is 3.58. The maximum absolute atomic E-state index is 12.1. The number of rotatable bonds is 5. The molecule has 4 heteroatoms. The highest BCUT2D eigenvalue weighted by atomic mass is 35.5. The molecule has 1 aliphatic carbocycles. The first kappa shape index (κ1) is 15.5. The molecule has 2 unspecified atom stereocenters. The van der Waals surface area contributed by atoms with Crippen LogP contribution < -0.4 is 0 Å². The Morgan fingerprint density at radius 3 is 2.78 bits per heavy atom. The molecule has 0 spiro atoms. The Kier molecular flexibility index (Phi) is 6.16. The third kappa shape index (κ3) is 3.48. The Morgan fingerprint density at radius 1 is 1.61 bits per heavy atom. The standard InChI is InChI=1S/C14H24ClNO2/c1-10-6-5-7-11(2)14(10)16(13(17)8-15)12(3)9-18-4/h10,12H,5-9H2,1-4H3. The maximum Gasteiger partial charge on any atom is 0.241 e. The summed E-state index contributed by atoms with van der Waals surface area (Å²) in [6.45, 7) is 6.85. The molecule has 104 valence electrons. The van der Waals surface area contributed by atoms with Gasteiger partial charge in [0.2, 0.25) is 5.91 Å². The second kappa shape index (κ2) is 7.15. The first-order valence-electron chi connectivity index (χ1n) is 6.59. The average Bonchev–Trinajstić information content (AvgIpc) is 2.33. The molecule has 0 heterocycles. The zero-order valence-electron chi connectivity index (χ0n) is 11.8. The van der Waals surface area contributed by atoms with Crippen molar-refractivity contribution in [1.29, 1.82) is 0 Å². The lowest BCUT2D eigenvalue weighted by Crippen LogP contribution is -2.43. The summed E-state index contributed by atoms with van der Waals surface area (Å²) in [5.74, 6) is 0.423. The molecule has 0 fully saturated rings. The molecule has 2 atom stereocenters. The van der Waals surface area contributed by atoms with Gasteiger partial charge >= 0.3 is 0 Å². The highest BCUT2D eigenvalue weighted by Crippen LogP contribution is 2.33. The van der Waals surface area contributed by atoms with E-state index in [1.807, 2.05) is 11.8 Å². The molecule has 18 heavy (non-hydrogen) atoms. The van der Waals surface area contributed by atoms with E-state index in [-0.39, 0.29) is 17.8 Å². The number of alkyl halides is 1. The van der Waals surface area contributed by atoms with Crippen molar-refractivity contribution in [2.75, 3.05) is 19.6 Å². The summed E-state index contributed by atoms with van der Waals surface area (Å²) in [5, 5.41) is 0. The highest BCUT2D eigenvalue weighted by Gasteiger charge is 2.29. The molecule has 0 N–H and O–H groups in total. The molecule has 0 aromatic heterocycles. The molecule has 1 rings (SSSR count). The molecule has 1 amide bonds. The predicted molar refractivity (Wildman–Crippen MR) is 74.6 cm³/mol. The quantitative estimate of drug-likeness (QED) is 0.720. The van der Waals surface area contributed by atoms with Crippen LogP contribution in [0.2, 0.25) is 0 Å². The number of carbonyl (C=O) groups is 1. The van der Waals surface area contributed by atoms with Crippen LogP contribution in [0.15, 0.2) is 11.3 Å². The minimum atomic E-state index is -0.0238. The average molecular weight is 274 g/mol. The lowest BCUT2D eigenvalue weighted by Gasteiger charge is -2.37. The smallest absolute Gasteiger partial charge is 0.241 e. The van der Waals surface area contributed by atoms with E-state index >= 15 is 0 Å². The fourth-order valence-corrected chi connectivity index (χ4v) is 2.93. The van der Waals surface area contributed by atoms with E-state index in [1.165, 1.54) is 12.0 Å². The second-order valence-corrected chi connectivity index (χ2v) is 5.43. The van der Waals surface area contributed by atoms with Crippen molar-refractivity contribution >= 4 is 17.5 Å². The van der Waals surface area contributed by atoms with Crippen LogP contribution >= 0.6 is 11.6 Å². The third-order valence-corrected chi connectivity index (χ3v) is 3.81. The van der Waals surface area contributed by atoms with Gasteiger partial charge in [0.1, 0.15) is 5.88 Å². The summed E-state index contributed by atoms with van der Waals surface area (Å²) < 4.78 is 5.18. The number of hydrogen-bond acceptors (Lipinski definition) is 2. The number of methoxy groups -OCH3 is 1. The van der Waals surface area contributed by atoms with Crippen molar-refractivity contribution in [3.63, 3.8) is 0 Å². The second-order valence-electron chi connectivity index (χ2n) is 5.16. The van der Waals surface area contributed by atoms with E-state index < -0.39 is 0 Å². The van der Waals surface area contributed by atoms with E-state index in [0.717, 1.165) is 18.5 Å². The number of amides is 1. The summed E-state index contributed by atoms with van der Waals surface area (Å²) in [6, 6.07) is 0.0340. The Labute approximate surface area is 115 Å². The Bertz CT molecular complexity index is 328. The predicted octanol–water partition coefficient (Wildman–Crippen LogP) is 3.18. The fraction of sp³-hybridized carbons (Fsp3) is 0.786. The molecule has 0 aromatic rings. The summed E-state index contributed by atoms with van der Waals surface area (Å²) >= 11 is 5.75. The highest BCUT2D eigenvalue weighted by molar-refractivity contribution is 6.27. The summed E-state index contributed by atoms with van der Waals surface area (Å²) in [7, 11) is 1.66. The first-order valence-corrected chi connectivity index (χ1v) is 7.13. The SMILES string of the molecule is COCC(C)N(C(=O)CCl)C1=C(C)CCCC1C. The van der Waals surface area contributed by atoms with E-state index in [2.05, 4.69) is 13.8 Å². The molecular formula is C14H24ClNO2. The van der Waals surface area contributed by atoms with Gasteiger partial charge in [-0.05, 0) is 39.0 Å². The lowest BCUT2D eigenvalue weighted by molar-refractivity contribution is -0.129. The van der Waals surface area contributed by atoms with E-state index in [0.29, 0.717) is 12.5 Å². The number of nitrogens with zero attached hydrogens (tertiary/aromatic N) is 1. The van der Waals surface area contributed by atoms with Crippen LogP contribution in [0.25, 0.3) is 0 Å². The van der Waals surface area contributed by atoms with Gasteiger partial charge in [-0.25, -0.2) is 0 Å². The van der Waals surface area contributed by atoms with Gasteiger partial charge in [-0.3, -0.25) is 4.79 Å². The number of allylic oxidation sites excluding steroid dienone is 2. The van der Waals surface area contributed by atoms with E-state index in [4.69, 9.17) is 16.3 Å². The van der Waals surface area contributed by atoms with Crippen molar-refractivity contribution in [3.05, 3.63) is 11.3 Å². The minimum absolute atomic E-state index is 0.0238. The number of hydrogen-bond donors (Lipinski definition) is 0. The van der Waals surface area contributed by atoms with Gasteiger partial charge in [-0.1, -0.05) is 12.5 Å². The molecular weight excluding hydrogens is 250 g/mol. The number of ether oxygens (including phenoxy) is 1. The molecule has 3 nitrogen and oxygen atoms in total. The maximum atomic E-state index is 12.1. The molecule has 1 aliphatic rings. The molecule has 0 aliphatic heterocycles. The van der Waals surface area contributed by atoms with Crippen molar-refractivity contribution in [3.8, 4) is 0 Å². The van der Waals surface area contributed by atoms with Gasteiger partial charge in [0.05, 0.1) is 12.6 Å². The summed E-state index contributed by atoms with van der Waals surface area (Å²) in [4.78, 5) is 14.0. The van der Waals surface area contributed by atoms with Crippen LogP contribution in [0.1, 0.15) is 40.0 Å². The van der Waals surface area contributed by atoms with Gasteiger partial charge in [-0.15, -0.1) is 11.6 Å². The normalized spacial score (nSPS) is 21.9. The molecule has 0 bridgehead atoms. The Hall–Kier alpha value is -0.540. The van der Waals surface area contributed by atoms with Crippen LogP contribution in [0, 0.1) is 5.92 Å². The Morgan fingerprint density at radius 2 is 2.28 bits per heavy atom. The lowest BCUT2D eigenvalue weighted by atomic mass is 9.87. The van der Waals surface area contributed by atoms with Crippen LogP contribution in [0.5, 0.6) is 0 Å². The van der Waals surface area contributed by atoms with Crippen molar-refractivity contribution in [1.82, 2.24) is 4.90 Å². The van der Waals surface area contributed by atoms with Gasteiger partial charge in [-0.2, -0.15) is 0 Å². The number of halogens is 1. The molecule has 0 saturated heterocycles. The van der Waals surface area contributed by atoms with Crippen molar-refractivity contribution < 1.29 is 9.53 Å². The summed E-state index contributed by atoms with van der Waals surface area (Å²) in [6.07, 6.45) is 3.42. The topological polar surface area (TPSA) is 29.5 Å². The van der Waals surface area contributed by atoms with Crippen LogP contribution in [-0.2, 0) is 9.53 Å². The van der Waals surface area contributed by atoms with Gasteiger partial charge < -0.3 is 9.64 Å². The Balaban J connectivity index is 3.05. The largest absolute Gasteiger partial charge is 0.383 e. The molecule has 0 saturated carbocycles. The zero-order valence-corrected chi connectivity index (χ0v) is 12.6. The van der Waals surface area contributed by atoms with Gasteiger partial charge in [0.15, 0.2) is 0 Å². The van der Waals surface area contributed by atoms with Gasteiger partial charge in [0, 0.05) is 12.8 Å². The van der Waals surface area contributed by atoms with E-state index in [9.17, 15) is 4.79 Å². The van der Waals surface area contributed by atoms with Crippen molar-refractivity contribution in [2.45, 2.75) is 46.1 Å². The monoisotopic (exact) mass is 273 g/mol. The van der Waals surface area contributed by atoms with Gasteiger partial charge in [0.25, 0.3) is 0 Å². The van der Waals surface area contributed by atoms with Crippen LogP contribution in [-0.4, -0.2) is 36.4 Å². The molecule has 0 aromatic carbocycles. The number of carbonyl (C=O) groups excluding carboxylic acids is 1. The minimum Gasteiger partial charge on any atom is -0.383 e. The molecule has 0 radical (unpaired) electrons. The summed E-state index contributed by atoms with van der Waals surface area (Å²) in [5.41, 5.74) is 2.48. The van der Waals surface area contributed by atoms with Crippen LogP contribution in [0.4, 0.5) is 0 Å². The van der Waals surface area contributed by atoms with Crippen molar-refractivity contribution in [2.24, 2.45) is 5.92 Å². The first-order chi connectivity index (χ1) is 8.52.